The first-order chi connectivity index (χ1) is 9.07. The first-order valence-electron chi connectivity index (χ1n) is 7.66. The molecule has 1 saturated carbocycles. The molecular weight excluding hydrogens is 242 g/mol. The third kappa shape index (κ3) is 3.29. The number of aliphatic carboxylic acids is 1. The van der Waals surface area contributed by atoms with Gasteiger partial charge in [0.05, 0.1) is 18.1 Å². The smallest absolute Gasteiger partial charge is 0.310 e. The van der Waals surface area contributed by atoms with Crippen LogP contribution in [0.2, 0.25) is 0 Å². The second kappa shape index (κ2) is 6.23. The molecule has 3 unspecified atom stereocenters. The summed E-state index contributed by atoms with van der Waals surface area (Å²) >= 11 is 0. The molecule has 1 heterocycles. The van der Waals surface area contributed by atoms with Gasteiger partial charge in [0.25, 0.3) is 0 Å². The Kier molecular flexibility index (Phi) is 4.85. The molecule has 0 aromatic rings. The lowest BCUT2D eigenvalue weighted by Gasteiger charge is -2.46. The van der Waals surface area contributed by atoms with Crippen molar-refractivity contribution in [1.82, 2.24) is 4.90 Å². The van der Waals surface area contributed by atoms with Crippen LogP contribution in [0.4, 0.5) is 0 Å². The van der Waals surface area contributed by atoms with Gasteiger partial charge in [0.2, 0.25) is 0 Å². The molecule has 0 bridgehead atoms. The second-order valence-corrected chi connectivity index (χ2v) is 6.35. The van der Waals surface area contributed by atoms with Gasteiger partial charge in [-0.2, -0.15) is 0 Å². The Morgan fingerprint density at radius 2 is 2.16 bits per heavy atom. The zero-order valence-corrected chi connectivity index (χ0v) is 12.2. The second-order valence-electron chi connectivity index (χ2n) is 6.35. The minimum absolute atomic E-state index is 0.335. The fourth-order valence-electron chi connectivity index (χ4n) is 3.63. The minimum Gasteiger partial charge on any atom is -0.481 e. The summed E-state index contributed by atoms with van der Waals surface area (Å²) in [5.41, 5.74) is -0.617. The quantitative estimate of drug-likeness (QED) is 0.833. The summed E-state index contributed by atoms with van der Waals surface area (Å²) in [5.74, 6) is -0.659. The summed E-state index contributed by atoms with van der Waals surface area (Å²) in [4.78, 5) is 14.0. The van der Waals surface area contributed by atoms with Crippen LogP contribution < -0.4 is 0 Å². The van der Waals surface area contributed by atoms with Gasteiger partial charge >= 0.3 is 5.97 Å². The predicted molar refractivity (Wildman–Crippen MR) is 74.2 cm³/mol. The van der Waals surface area contributed by atoms with Crippen LogP contribution >= 0.6 is 0 Å². The van der Waals surface area contributed by atoms with Crippen LogP contribution in [0.3, 0.4) is 0 Å². The summed E-state index contributed by atoms with van der Waals surface area (Å²) in [7, 11) is 0. The van der Waals surface area contributed by atoms with E-state index in [1.807, 2.05) is 6.92 Å². The number of carboxylic acids is 1. The largest absolute Gasteiger partial charge is 0.481 e. The maximum atomic E-state index is 11.6. The maximum Gasteiger partial charge on any atom is 0.310 e. The molecule has 0 aromatic heterocycles. The van der Waals surface area contributed by atoms with Crippen LogP contribution in [0.15, 0.2) is 0 Å². The molecule has 1 saturated heterocycles. The van der Waals surface area contributed by atoms with Crippen LogP contribution in [0.5, 0.6) is 0 Å². The van der Waals surface area contributed by atoms with Crippen molar-refractivity contribution in [3.63, 3.8) is 0 Å². The molecule has 3 atom stereocenters. The van der Waals surface area contributed by atoms with Gasteiger partial charge < -0.3 is 9.84 Å². The highest BCUT2D eigenvalue weighted by Crippen LogP contribution is 2.32. The Hall–Kier alpha value is -0.610. The Labute approximate surface area is 116 Å². The van der Waals surface area contributed by atoms with Gasteiger partial charge in [-0.1, -0.05) is 26.2 Å². The van der Waals surface area contributed by atoms with E-state index >= 15 is 0 Å². The maximum absolute atomic E-state index is 11.6. The van der Waals surface area contributed by atoms with Crippen molar-refractivity contribution in [3.8, 4) is 0 Å². The average Bonchev–Trinajstić information content (AvgIpc) is 2.39. The van der Waals surface area contributed by atoms with Crippen LogP contribution in [0, 0.1) is 5.41 Å². The predicted octanol–water partition coefficient (Wildman–Crippen LogP) is 2.52. The Balaban J connectivity index is 2.04. The zero-order valence-electron chi connectivity index (χ0n) is 12.2. The topological polar surface area (TPSA) is 49.8 Å². The summed E-state index contributed by atoms with van der Waals surface area (Å²) in [5, 5.41) is 9.53. The molecule has 2 aliphatic rings. The Morgan fingerprint density at radius 3 is 2.84 bits per heavy atom. The standard InChI is InChI=1S/C15H27NO3/c1-3-8-15(2,14(17)18)11-16-9-10-19-13-7-5-4-6-12(13)16/h12-13H,3-11H2,1-2H3,(H,17,18). The molecule has 19 heavy (non-hydrogen) atoms. The third-order valence-corrected chi connectivity index (χ3v) is 4.72. The molecule has 2 rings (SSSR count). The zero-order chi connectivity index (χ0) is 13.9. The number of morpholine rings is 1. The number of hydrogen-bond acceptors (Lipinski definition) is 3. The normalized spacial score (nSPS) is 31.5. The van der Waals surface area contributed by atoms with Gasteiger partial charge in [0.1, 0.15) is 0 Å². The van der Waals surface area contributed by atoms with Gasteiger partial charge in [-0.05, 0) is 26.2 Å². The van der Waals surface area contributed by atoms with Crippen molar-refractivity contribution in [2.45, 2.75) is 64.5 Å². The molecule has 2 fully saturated rings. The number of carbonyl (C=O) groups is 1. The van der Waals surface area contributed by atoms with E-state index in [0.717, 1.165) is 38.8 Å². The highest BCUT2D eigenvalue weighted by Gasteiger charge is 2.40. The van der Waals surface area contributed by atoms with Crippen LogP contribution in [0.1, 0.15) is 52.4 Å². The molecule has 110 valence electrons. The highest BCUT2D eigenvalue weighted by molar-refractivity contribution is 5.74. The van der Waals surface area contributed by atoms with Crippen molar-refractivity contribution >= 4 is 5.97 Å². The third-order valence-electron chi connectivity index (χ3n) is 4.72. The number of fused-ring (bicyclic) bond motifs is 1. The molecule has 1 aliphatic carbocycles. The lowest BCUT2D eigenvalue weighted by Crippen LogP contribution is -2.56. The lowest BCUT2D eigenvalue weighted by molar-refractivity contribution is -0.153. The fraction of sp³-hybridized carbons (Fsp3) is 0.933. The van der Waals surface area contributed by atoms with E-state index in [1.165, 1.54) is 12.8 Å². The van der Waals surface area contributed by atoms with Crippen molar-refractivity contribution in [3.05, 3.63) is 0 Å². The Morgan fingerprint density at radius 1 is 1.42 bits per heavy atom. The van der Waals surface area contributed by atoms with Crippen LogP contribution in [-0.4, -0.2) is 47.8 Å². The van der Waals surface area contributed by atoms with Gasteiger partial charge in [-0.15, -0.1) is 0 Å². The monoisotopic (exact) mass is 269 g/mol. The number of ether oxygens (including phenoxy) is 1. The fourth-order valence-corrected chi connectivity index (χ4v) is 3.63. The SMILES string of the molecule is CCCC(C)(CN1CCOC2CCCCC21)C(=O)O. The van der Waals surface area contributed by atoms with E-state index < -0.39 is 11.4 Å². The van der Waals surface area contributed by atoms with E-state index in [2.05, 4.69) is 11.8 Å². The molecule has 4 nitrogen and oxygen atoms in total. The summed E-state index contributed by atoms with van der Waals surface area (Å²) in [6.45, 7) is 6.26. The van der Waals surface area contributed by atoms with E-state index in [1.54, 1.807) is 0 Å². The van der Waals surface area contributed by atoms with Crippen LogP contribution in [0.25, 0.3) is 0 Å². The van der Waals surface area contributed by atoms with Crippen molar-refractivity contribution in [1.29, 1.82) is 0 Å². The van der Waals surface area contributed by atoms with Gasteiger partial charge in [0, 0.05) is 19.1 Å². The average molecular weight is 269 g/mol. The van der Waals surface area contributed by atoms with Crippen molar-refractivity contribution < 1.29 is 14.6 Å². The lowest BCUT2D eigenvalue weighted by atomic mass is 9.82. The molecule has 0 spiro atoms. The highest BCUT2D eigenvalue weighted by atomic mass is 16.5. The minimum atomic E-state index is -0.659. The summed E-state index contributed by atoms with van der Waals surface area (Å²) < 4.78 is 5.86. The number of hydrogen-bond donors (Lipinski definition) is 1. The first kappa shape index (κ1) is 14.8. The molecule has 1 aliphatic heterocycles. The van der Waals surface area contributed by atoms with Gasteiger partial charge in [0.15, 0.2) is 0 Å². The summed E-state index contributed by atoms with van der Waals surface area (Å²) in [6, 6.07) is 0.443. The Bertz CT molecular complexity index is 319. The first-order valence-corrected chi connectivity index (χ1v) is 7.66. The molecule has 1 N–H and O–H groups in total. The molecular formula is C15H27NO3. The number of nitrogens with zero attached hydrogens (tertiary/aromatic N) is 1. The van der Waals surface area contributed by atoms with E-state index in [4.69, 9.17) is 4.74 Å². The molecule has 0 amide bonds. The van der Waals surface area contributed by atoms with E-state index in [0.29, 0.717) is 18.7 Å². The molecule has 0 radical (unpaired) electrons. The van der Waals surface area contributed by atoms with E-state index in [-0.39, 0.29) is 0 Å². The van der Waals surface area contributed by atoms with Gasteiger partial charge in [-0.3, -0.25) is 9.69 Å². The van der Waals surface area contributed by atoms with E-state index in [9.17, 15) is 9.90 Å². The van der Waals surface area contributed by atoms with Crippen molar-refractivity contribution in [2.24, 2.45) is 5.41 Å². The van der Waals surface area contributed by atoms with Crippen LogP contribution in [-0.2, 0) is 9.53 Å². The molecule has 0 aromatic carbocycles. The van der Waals surface area contributed by atoms with Crippen molar-refractivity contribution in [2.75, 3.05) is 19.7 Å². The van der Waals surface area contributed by atoms with Gasteiger partial charge in [-0.25, -0.2) is 0 Å². The number of carboxylic acid groups (broad SMARTS) is 1. The molecule has 4 heteroatoms. The summed E-state index contributed by atoms with van der Waals surface area (Å²) in [6.07, 6.45) is 6.80. The number of rotatable bonds is 5.